The molecule has 1 heterocycles. The molecule has 0 fully saturated rings. The highest BCUT2D eigenvalue weighted by Crippen LogP contribution is 2.13. The maximum Gasteiger partial charge on any atom is 0.313 e. The third-order valence-electron chi connectivity index (χ3n) is 2.40. The fraction of sp³-hybridized carbons (Fsp3) is 0.250. The molecular weight excluding hydrogens is 232 g/mol. The Bertz CT molecular complexity index is 589. The normalized spacial score (nSPS) is 11.2. The lowest BCUT2D eigenvalue weighted by molar-refractivity contribution is -0.142. The Hall–Kier alpha value is -2.37. The van der Waals surface area contributed by atoms with E-state index in [2.05, 4.69) is 15.1 Å². The Morgan fingerprint density at radius 2 is 2.44 bits per heavy atom. The Morgan fingerprint density at radius 3 is 3.17 bits per heavy atom. The predicted molar refractivity (Wildman–Crippen MR) is 68.2 cm³/mol. The van der Waals surface area contributed by atoms with Crippen LogP contribution in [0.4, 0.5) is 0 Å². The Kier molecular flexibility index (Phi) is 3.57. The zero-order valence-electron chi connectivity index (χ0n) is 10.0. The molecule has 0 saturated carbocycles. The van der Waals surface area contributed by atoms with Crippen molar-refractivity contribution < 1.29 is 9.53 Å². The predicted octanol–water partition coefficient (Wildman–Crippen LogP) is 0.961. The second kappa shape index (κ2) is 5.31. The van der Waals surface area contributed by atoms with Crippen molar-refractivity contribution in [3.8, 4) is 0 Å². The van der Waals surface area contributed by atoms with Crippen LogP contribution in [0.3, 0.4) is 0 Å². The van der Waals surface area contributed by atoms with E-state index in [0.717, 1.165) is 16.6 Å². The van der Waals surface area contributed by atoms with Crippen LogP contribution in [0.1, 0.15) is 18.3 Å². The van der Waals surface area contributed by atoms with E-state index in [4.69, 9.17) is 10.6 Å². The molecule has 0 aliphatic rings. The molecule has 2 aromatic rings. The number of ether oxygens (including phenoxy) is 1. The van der Waals surface area contributed by atoms with E-state index >= 15 is 0 Å². The minimum absolute atomic E-state index is 0.142. The van der Waals surface area contributed by atoms with E-state index in [9.17, 15) is 4.79 Å². The lowest BCUT2D eigenvalue weighted by Crippen LogP contribution is -2.08. The van der Waals surface area contributed by atoms with Crippen LogP contribution in [-0.4, -0.2) is 28.8 Å². The number of imidazole rings is 1. The molecule has 94 valence electrons. The summed E-state index contributed by atoms with van der Waals surface area (Å²) in [5, 5.41) is 3.46. The van der Waals surface area contributed by atoms with E-state index in [0.29, 0.717) is 12.4 Å². The van der Waals surface area contributed by atoms with Gasteiger partial charge in [-0.15, -0.1) is 0 Å². The van der Waals surface area contributed by atoms with Gasteiger partial charge in [0.15, 0.2) is 0 Å². The summed E-state index contributed by atoms with van der Waals surface area (Å²) in [5.74, 6) is 5.39. The smallest absolute Gasteiger partial charge is 0.313 e. The summed E-state index contributed by atoms with van der Waals surface area (Å²) in [4.78, 5) is 18.7. The maximum atomic E-state index is 11.3. The number of aromatic nitrogens is 2. The number of fused-ring (bicyclic) bond motifs is 1. The number of carbonyl (C=O) groups is 1. The van der Waals surface area contributed by atoms with E-state index in [1.165, 1.54) is 0 Å². The Morgan fingerprint density at radius 1 is 1.61 bits per heavy atom. The Labute approximate surface area is 104 Å². The highest BCUT2D eigenvalue weighted by Gasteiger charge is 2.08. The van der Waals surface area contributed by atoms with E-state index in [1.54, 1.807) is 13.1 Å². The number of nitrogens with one attached hydrogen (secondary N) is 1. The fourth-order valence-corrected chi connectivity index (χ4v) is 1.68. The molecule has 1 aromatic heterocycles. The minimum atomic E-state index is -0.291. The molecule has 2 rings (SSSR count). The molecule has 0 unspecified atom stereocenters. The lowest BCUT2D eigenvalue weighted by Gasteiger charge is -1.97. The Balaban J connectivity index is 2.24. The van der Waals surface area contributed by atoms with Gasteiger partial charge in [0.25, 0.3) is 0 Å². The summed E-state index contributed by atoms with van der Waals surface area (Å²) in [7, 11) is 0. The van der Waals surface area contributed by atoms with Crippen LogP contribution in [0, 0.1) is 0 Å². The number of nitrogens with two attached hydrogens (primary N) is 1. The summed E-state index contributed by atoms with van der Waals surface area (Å²) in [6, 6.07) is 5.57. The number of hydrogen-bond donors (Lipinski definition) is 2. The molecule has 0 saturated heterocycles. The SMILES string of the molecule is CCOC(=O)Cc1nc2ccc(C=NN)cc2[nH]1. The first kappa shape index (κ1) is 12.1. The zero-order valence-corrected chi connectivity index (χ0v) is 10.0. The maximum absolute atomic E-state index is 11.3. The largest absolute Gasteiger partial charge is 0.466 e. The second-order valence-corrected chi connectivity index (χ2v) is 3.72. The molecule has 3 N–H and O–H groups in total. The van der Waals surface area contributed by atoms with Gasteiger partial charge in [0.1, 0.15) is 12.2 Å². The van der Waals surface area contributed by atoms with E-state index in [-0.39, 0.29) is 12.4 Å². The van der Waals surface area contributed by atoms with Gasteiger partial charge >= 0.3 is 5.97 Å². The first-order chi connectivity index (χ1) is 8.72. The third-order valence-corrected chi connectivity index (χ3v) is 2.40. The number of H-pyrrole nitrogens is 1. The zero-order chi connectivity index (χ0) is 13.0. The van der Waals surface area contributed by atoms with Crippen LogP contribution in [-0.2, 0) is 16.0 Å². The summed E-state index contributed by atoms with van der Waals surface area (Å²) in [6.07, 6.45) is 1.69. The average molecular weight is 246 g/mol. The van der Waals surface area contributed by atoms with Crippen molar-refractivity contribution in [3.05, 3.63) is 29.6 Å². The van der Waals surface area contributed by atoms with Crippen LogP contribution >= 0.6 is 0 Å². The number of benzene rings is 1. The summed E-state index contributed by atoms with van der Waals surface area (Å²) >= 11 is 0. The first-order valence-electron chi connectivity index (χ1n) is 5.60. The monoisotopic (exact) mass is 246 g/mol. The highest BCUT2D eigenvalue weighted by atomic mass is 16.5. The van der Waals surface area contributed by atoms with Crippen LogP contribution in [0.15, 0.2) is 23.3 Å². The van der Waals surface area contributed by atoms with Gasteiger partial charge in [0.2, 0.25) is 0 Å². The minimum Gasteiger partial charge on any atom is -0.466 e. The van der Waals surface area contributed by atoms with Crippen LogP contribution in [0.5, 0.6) is 0 Å². The summed E-state index contributed by atoms with van der Waals surface area (Å²) in [6.45, 7) is 2.14. The molecule has 0 radical (unpaired) electrons. The van der Waals surface area contributed by atoms with Crippen molar-refractivity contribution in [2.24, 2.45) is 10.9 Å². The van der Waals surface area contributed by atoms with Crippen molar-refractivity contribution in [1.29, 1.82) is 0 Å². The molecule has 0 bridgehead atoms. The van der Waals surface area contributed by atoms with Gasteiger partial charge in [-0.2, -0.15) is 5.10 Å². The van der Waals surface area contributed by atoms with E-state index < -0.39 is 0 Å². The molecule has 6 nitrogen and oxygen atoms in total. The standard InChI is InChI=1S/C12H14N4O2/c1-2-18-12(17)6-11-15-9-4-3-8(7-14-13)5-10(9)16-11/h3-5,7H,2,6,13H2,1H3,(H,15,16). The molecule has 6 heteroatoms. The average Bonchev–Trinajstić information content (AvgIpc) is 2.71. The van der Waals surface area contributed by atoms with Crippen molar-refractivity contribution in [3.63, 3.8) is 0 Å². The highest BCUT2D eigenvalue weighted by molar-refractivity contribution is 5.87. The van der Waals surface area contributed by atoms with Crippen molar-refractivity contribution in [2.45, 2.75) is 13.3 Å². The number of rotatable bonds is 4. The molecule has 1 aromatic carbocycles. The van der Waals surface area contributed by atoms with Crippen LogP contribution in [0.2, 0.25) is 0 Å². The molecular formula is C12H14N4O2. The van der Waals surface area contributed by atoms with E-state index in [1.807, 2.05) is 18.2 Å². The van der Waals surface area contributed by atoms with Gasteiger partial charge in [-0.25, -0.2) is 4.98 Å². The quantitative estimate of drug-likeness (QED) is 0.363. The third kappa shape index (κ3) is 2.65. The fourth-order valence-electron chi connectivity index (χ4n) is 1.68. The van der Waals surface area contributed by atoms with Crippen LogP contribution in [0.25, 0.3) is 11.0 Å². The molecule has 0 aliphatic carbocycles. The first-order valence-corrected chi connectivity index (χ1v) is 5.60. The molecule has 18 heavy (non-hydrogen) atoms. The molecule has 0 spiro atoms. The van der Waals surface area contributed by atoms with Gasteiger partial charge in [0, 0.05) is 0 Å². The lowest BCUT2D eigenvalue weighted by atomic mass is 10.2. The van der Waals surface area contributed by atoms with Crippen molar-refractivity contribution >= 4 is 23.2 Å². The topological polar surface area (TPSA) is 93.4 Å². The van der Waals surface area contributed by atoms with Crippen molar-refractivity contribution in [1.82, 2.24) is 9.97 Å². The number of aromatic amines is 1. The number of carbonyl (C=O) groups excluding carboxylic acids is 1. The second-order valence-electron chi connectivity index (χ2n) is 3.72. The van der Waals surface area contributed by atoms with Crippen molar-refractivity contribution in [2.75, 3.05) is 6.61 Å². The van der Waals surface area contributed by atoms with Gasteiger partial charge in [0.05, 0.1) is 23.9 Å². The van der Waals surface area contributed by atoms with Crippen LogP contribution < -0.4 is 5.84 Å². The number of nitrogens with zero attached hydrogens (tertiary/aromatic N) is 2. The molecule has 0 atom stereocenters. The summed E-state index contributed by atoms with van der Waals surface area (Å²) < 4.78 is 4.87. The van der Waals surface area contributed by atoms with Gasteiger partial charge in [-0.3, -0.25) is 4.79 Å². The van der Waals surface area contributed by atoms with Gasteiger partial charge in [-0.05, 0) is 24.6 Å². The molecule has 0 amide bonds. The summed E-state index contributed by atoms with van der Waals surface area (Å²) in [5.41, 5.74) is 2.51. The molecule has 0 aliphatic heterocycles. The number of hydrogen-bond acceptors (Lipinski definition) is 5. The van der Waals surface area contributed by atoms with Gasteiger partial charge in [-0.1, -0.05) is 6.07 Å². The number of hydrazone groups is 1. The number of esters is 1. The van der Waals surface area contributed by atoms with Gasteiger partial charge < -0.3 is 15.6 Å².